The van der Waals surface area contributed by atoms with Crippen LogP contribution in [0.5, 0.6) is 0 Å². The van der Waals surface area contributed by atoms with E-state index in [0.717, 1.165) is 55.9 Å². The van der Waals surface area contributed by atoms with Crippen molar-refractivity contribution in [3.05, 3.63) is 170 Å². The lowest BCUT2D eigenvalue weighted by Crippen LogP contribution is -1.97. The Bertz CT molecular complexity index is 2880. The van der Waals surface area contributed by atoms with Gasteiger partial charge in [0.1, 0.15) is 0 Å². The fourth-order valence-corrected chi connectivity index (χ4v) is 8.31. The van der Waals surface area contributed by atoms with Crippen molar-refractivity contribution in [1.29, 1.82) is 0 Å². The van der Waals surface area contributed by atoms with Gasteiger partial charge in [0.2, 0.25) is 0 Å². The molecule has 0 N–H and O–H groups in total. The van der Waals surface area contributed by atoms with Crippen LogP contribution in [0.1, 0.15) is 0 Å². The summed E-state index contributed by atoms with van der Waals surface area (Å²) in [5.74, 6) is 0.659. The van der Waals surface area contributed by atoms with Crippen LogP contribution < -0.4 is 0 Å². The number of rotatable bonds is 5. The van der Waals surface area contributed by atoms with Gasteiger partial charge in [0.25, 0.3) is 0 Å². The first kappa shape index (κ1) is 29.4. The van der Waals surface area contributed by atoms with Crippen molar-refractivity contribution in [2.24, 2.45) is 0 Å². The Morgan fingerprint density at radius 3 is 1.86 bits per heavy atom. The van der Waals surface area contributed by atoms with Gasteiger partial charge in [-0.25, -0.2) is 15.0 Å². The molecule has 0 saturated carbocycles. The van der Waals surface area contributed by atoms with Gasteiger partial charge in [-0.05, 0) is 41.5 Å². The highest BCUT2D eigenvalue weighted by Crippen LogP contribution is 2.43. The van der Waals surface area contributed by atoms with Crippen LogP contribution in [-0.4, -0.2) is 19.9 Å². The molecule has 0 saturated heterocycles. The number of thiophene rings is 1. The number of benzene rings is 6. The predicted octanol–water partition coefficient (Wildman–Crippen LogP) is 12.3. The molecule has 0 aliphatic carbocycles. The van der Waals surface area contributed by atoms with Crippen LogP contribution in [0.15, 0.2) is 170 Å². The van der Waals surface area contributed by atoms with Crippen LogP contribution in [-0.2, 0) is 0 Å². The van der Waals surface area contributed by atoms with Crippen LogP contribution in [0.2, 0.25) is 0 Å². The Morgan fingerprint density at radius 2 is 1.04 bits per heavy atom. The minimum Gasteiger partial charge on any atom is -0.255 e. The number of aromatic nitrogens is 4. The maximum Gasteiger partial charge on any atom is 0.160 e. The molecule has 4 aromatic heterocycles. The first-order valence-electron chi connectivity index (χ1n) is 17.0. The third kappa shape index (κ3) is 5.14. The van der Waals surface area contributed by atoms with Crippen molar-refractivity contribution >= 4 is 53.2 Å². The monoisotopic (exact) mass is 668 g/mol. The second-order valence-corrected chi connectivity index (χ2v) is 13.7. The quantitative estimate of drug-likeness (QED) is 0.171. The molecule has 0 unspecified atom stereocenters. The zero-order valence-corrected chi connectivity index (χ0v) is 28.2. The van der Waals surface area contributed by atoms with Crippen LogP contribution in [0.25, 0.3) is 98.3 Å². The summed E-state index contributed by atoms with van der Waals surface area (Å²) < 4.78 is 2.60. The van der Waals surface area contributed by atoms with Crippen molar-refractivity contribution in [1.82, 2.24) is 19.9 Å². The molecule has 238 valence electrons. The highest BCUT2D eigenvalue weighted by molar-refractivity contribution is 7.26. The molecule has 0 amide bonds. The zero-order valence-electron chi connectivity index (χ0n) is 27.4. The highest BCUT2D eigenvalue weighted by atomic mass is 32.1. The molecule has 0 aliphatic heterocycles. The molecule has 10 aromatic rings. The second-order valence-electron chi connectivity index (χ2n) is 12.6. The summed E-state index contributed by atoms with van der Waals surface area (Å²) in [4.78, 5) is 19.9. The first-order valence-corrected chi connectivity index (χ1v) is 17.8. The molecule has 0 bridgehead atoms. The average Bonchev–Trinajstić information content (AvgIpc) is 3.60. The fraction of sp³-hybridized carbons (Fsp3) is 0. The van der Waals surface area contributed by atoms with Crippen LogP contribution >= 0.6 is 11.3 Å². The molecule has 0 atom stereocenters. The zero-order chi connectivity index (χ0) is 33.7. The van der Waals surface area contributed by atoms with Gasteiger partial charge in [0.05, 0.1) is 28.3 Å². The third-order valence-corrected chi connectivity index (χ3v) is 10.8. The van der Waals surface area contributed by atoms with E-state index in [1.807, 2.05) is 41.7 Å². The predicted molar refractivity (Wildman–Crippen MR) is 213 cm³/mol. The number of hydrogen-bond donors (Lipinski definition) is 0. The second kappa shape index (κ2) is 12.1. The molecule has 5 heteroatoms. The van der Waals surface area contributed by atoms with Crippen molar-refractivity contribution in [3.8, 4) is 56.4 Å². The maximum atomic E-state index is 5.24. The average molecular weight is 669 g/mol. The van der Waals surface area contributed by atoms with E-state index in [0.29, 0.717) is 5.82 Å². The van der Waals surface area contributed by atoms with Gasteiger partial charge < -0.3 is 0 Å². The highest BCUT2D eigenvalue weighted by Gasteiger charge is 2.17. The van der Waals surface area contributed by atoms with Crippen molar-refractivity contribution in [3.63, 3.8) is 0 Å². The molecular formula is C46H28N4S. The SMILES string of the molecule is c1ccc(-c2ccc(-c3nc(-c4ccc(-c5nc6ccccc6c6c5ccc5c7ccccc7sc56)cc4)cc(-c4ccccn4)n3)cc2)cc1. The Balaban J connectivity index is 1.09. The minimum absolute atomic E-state index is 0.659. The van der Waals surface area contributed by atoms with E-state index in [9.17, 15) is 0 Å². The van der Waals surface area contributed by atoms with Gasteiger partial charge in [-0.3, -0.25) is 4.98 Å². The van der Waals surface area contributed by atoms with Gasteiger partial charge in [0.15, 0.2) is 5.82 Å². The number of hydrogen-bond acceptors (Lipinski definition) is 5. The van der Waals surface area contributed by atoms with Crippen molar-refractivity contribution in [2.45, 2.75) is 0 Å². The summed E-state index contributed by atoms with van der Waals surface area (Å²) in [5.41, 5.74) is 9.73. The molecular weight excluding hydrogens is 641 g/mol. The van der Waals surface area contributed by atoms with E-state index in [-0.39, 0.29) is 0 Å². The van der Waals surface area contributed by atoms with Gasteiger partial charge in [0, 0.05) is 59.2 Å². The van der Waals surface area contributed by atoms with Crippen LogP contribution in [0.3, 0.4) is 0 Å². The van der Waals surface area contributed by atoms with Gasteiger partial charge >= 0.3 is 0 Å². The number of para-hydroxylation sites is 1. The molecule has 0 aliphatic rings. The van der Waals surface area contributed by atoms with E-state index in [1.54, 1.807) is 6.20 Å². The molecule has 10 rings (SSSR count). The fourth-order valence-electron chi connectivity index (χ4n) is 7.05. The van der Waals surface area contributed by atoms with Gasteiger partial charge in [-0.2, -0.15) is 0 Å². The van der Waals surface area contributed by atoms with Crippen molar-refractivity contribution < 1.29 is 0 Å². The van der Waals surface area contributed by atoms with Crippen LogP contribution in [0.4, 0.5) is 0 Å². The van der Waals surface area contributed by atoms with Gasteiger partial charge in [-0.15, -0.1) is 11.3 Å². The first-order chi connectivity index (χ1) is 25.3. The number of pyridine rings is 2. The maximum absolute atomic E-state index is 5.24. The Morgan fingerprint density at radius 1 is 0.392 bits per heavy atom. The molecule has 6 aromatic carbocycles. The summed E-state index contributed by atoms with van der Waals surface area (Å²) in [6, 6.07) is 57.1. The third-order valence-electron chi connectivity index (χ3n) is 9.57. The molecule has 0 radical (unpaired) electrons. The summed E-state index contributed by atoms with van der Waals surface area (Å²) in [7, 11) is 0. The number of nitrogens with zero attached hydrogens (tertiary/aromatic N) is 4. The molecule has 51 heavy (non-hydrogen) atoms. The normalized spacial score (nSPS) is 11.5. The van der Waals surface area contributed by atoms with Crippen LogP contribution in [0, 0.1) is 0 Å². The van der Waals surface area contributed by atoms with E-state index >= 15 is 0 Å². The standard InChI is InChI=1S/C46H28N4S/c1-2-10-29(11-3-1)30-17-23-33(24-18-30)46-49-40(28-41(50-46)39-15-8-9-27-47-39)31-19-21-32(22-20-31)44-37-26-25-35-34-12-5-7-16-42(34)51-45(35)43(37)36-13-4-6-14-38(36)48-44/h1-28H. The van der Waals surface area contributed by atoms with E-state index in [1.165, 1.54) is 36.5 Å². The topological polar surface area (TPSA) is 51.6 Å². The van der Waals surface area contributed by atoms with E-state index < -0.39 is 0 Å². The molecule has 4 heterocycles. The lowest BCUT2D eigenvalue weighted by molar-refractivity contribution is 1.16. The van der Waals surface area contributed by atoms with Crippen molar-refractivity contribution in [2.75, 3.05) is 0 Å². The lowest BCUT2D eigenvalue weighted by Gasteiger charge is -2.12. The smallest absolute Gasteiger partial charge is 0.160 e. The molecule has 0 spiro atoms. The summed E-state index contributed by atoms with van der Waals surface area (Å²) in [6.07, 6.45) is 1.80. The van der Waals surface area contributed by atoms with E-state index in [2.05, 4.69) is 138 Å². The number of fused-ring (bicyclic) bond motifs is 7. The molecule has 0 fully saturated rings. The Labute approximate surface area is 298 Å². The molecule has 4 nitrogen and oxygen atoms in total. The Hall–Kier alpha value is -6.56. The largest absolute Gasteiger partial charge is 0.255 e. The summed E-state index contributed by atoms with van der Waals surface area (Å²) in [6.45, 7) is 0. The minimum atomic E-state index is 0.659. The van der Waals surface area contributed by atoms with Gasteiger partial charge in [-0.1, -0.05) is 133 Å². The van der Waals surface area contributed by atoms with E-state index in [4.69, 9.17) is 15.0 Å². The summed E-state index contributed by atoms with van der Waals surface area (Å²) in [5, 5.41) is 6.18. The summed E-state index contributed by atoms with van der Waals surface area (Å²) >= 11 is 1.86. The Kier molecular flexibility index (Phi) is 6.96. The lowest BCUT2D eigenvalue weighted by atomic mass is 9.97.